The Hall–Kier alpha value is -2.93. The molecule has 154 valence electrons. The van der Waals surface area contributed by atoms with Crippen molar-refractivity contribution in [3.05, 3.63) is 70.3 Å². The Labute approximate surface area is 180 Å². The highest BCUT2D eigenvalue weighted by Crippen LogP contribution is 2.33. The van der Waals surface area contributed by atoms with Gasteiger partial charge in [-0.3, -0.25) is 9.78 Å². The van der Waals surface area contributed by atoms with Crippen LogP contribution in [0.2, 0.25) is 0 Å². The van der Waals surface area contributed by atoms with Crippen molar-refractivity contribution >= 4 is 28.7 Å². The molecule has 4 heterocycles. The van der Waals surface area contributed by atoms with E-state index in [1.807, 2.05) is 35.5 Å². The molecule has 2 aliphatic rings. The molecular formula is C23H25N5OS. The maximum atomic E-state index is 13.2. The molecule has 0 atom stereocenters. The maximum absolute atomic E-state index is 13.2. The SMILES string of the molecule is O=C(c1nc2c(s1)CCCN2Cc1ccccc1)N1CCN(c2ccncc2)CC1. The van der Waals surface area contributed by atoms with Gasteiger partial charge in [0.05, 0.1) is 0 Å². The number of rotatable bonds is 4. The second-order valence-corrected chi connectivity index (χ2v) is 8.84. The van der Waals surface area contributed by atoms with Crippen LogP contribution >= 0.6 is 11.3 Å². The molecular weight excluding hydrogens is 394 g/mol. The number of aromatic nitrogens is 2. The molecule has 0 spiro atoms. The molecule has 1 aromatic carbocycles. The number of nitrogens with zero attached hydrogens (tertiary/aromatic N) is 5. The van der Waals surface area contributed by atoms with Gasteiger partial charge in [-0.05, 0) is 30.5 Å². The number of hydrogen-bond acceptors (Lipinski definition) is 6. The Balaban J connectivity index is 1.27. The molecule has 0 unspecified atom stereocenters. The van der Waals surface area contributed by atoms with Gasteiger partial charge in [-0.15, -0.1) is 11.3 Å². The highest BCUT2D eigenvalue weighted by molar-refractivity contribution is 7.14. The van der Waals surface area contributed by atoms with E-state index >= 15 is 0 Å². The van der Waals surface area contributed by atoms with E-state index in [0.29, 0.717) is 5.01 Å². The Morgan fingerprint density at radius 2 is 1.73 bits per heavy atom. The third-order valence-electron chi connectivity index (χ3n) is 5.80. The van der Waals surface area contributed by atoms with Crippen molar-refractivity contribution in [3.8, 4) is 0 Å². The van der Waals surface area contributed by atoms with Crippen LogP contribution in [-0.2, 0) is 13.0 Å². The molecule has 6 nitrogen and oxygen atoms in total. The van der Waals surface area contributed by atoms with Gasteiger partial charge in [-0.25, -0.2) is 4.98 Å². The van der Waals surface area contributed by atoms with E-state index in [0.717, 1.165) is 57.9 Å². The normalized spacial score (nSPS) is 16.5. The molecule has 1 amide bonds. The number of amides is 1. The predicted molar refractivity (Wildman–Crippen MR) is 120 cm³/mol. The van der Waals surface area contributed by atoms with Gasteiger partial charge >= 0.3 is 0 Å². The van der Waals surface area contributed by atoms with Crippen molar-refractivity contribution < 1.29 is 4.79 Å². The smallest absolute Gasteiger partial charge is 0.283 e. The molecule has 0 saturated carbocycles. The van der Waals surface area contributed by atoms with Gasteiger partial charge in [0.2, 0.25) is 0 Å². The fourth-order valence-electron chi connectivity index (χ4n) is 4.20. The summed E-state index contributed by atoms with van der Waals surface area (Å²) in [5, 5.41) is 0.636. The first kappa shape index (κ1) is 19.1. The van der Waals surface area contributed by atoms with E-state index in [2.05, 4.69) is 39.0 Å². The third kappa shape index (κ3) is 3.89. The van der Waals surface area contributed by atoms with E-state index in [-0.39, 0.29) is 5.91 Å². The minimum Gasteiger partial charge on any atom is -0.368 e. The lowest BCUT2D eigenvalue weighted by Gasteiger charge is -2.35. The van der Waals surface area contributed by atoms with Gasteiger partial charge in [-0.2, -0.15) is 0 Å². The molecule has 5 rings (SSSR count). The summed E-state index contributed by atoms with van der Waals surface area (Å²) in [6.45, 7) is 4.94. The molecule has 1 saturated heterocycles. The summed E-state index contributed by atoms with van der Waals surface area (Å²) in [5.41, 5.74) is 2.44. The molecule has 0 radical (unpaired) electrons. The largest absolute Gasteiger partial charge is 0.368 e. The predicted octanol–water partition coefficient (Wildman–Crippen LogP) is 3.45. The average molecular weight is 420 g/mol. The fourth-order valence-corrected chi connectivity index (χ4v) is 5.29. The van der Waals surface area contributed by atoms with Crippen LogP contribution < -0.4 is 9.80 Å². The van der Waals surface area contributed by atoms with Crippen molar-refractivity contribution in [2.75, 3.05) is 42.5 Å². The van der Waals surface area contributed by atoms with E-state index in [1.165, 1.54) is 16.1 Å². The number of aryl methyl sites for hydroxylation is 1. The van der Waals surface area contributed by atoms with Gasteiger partial charge in [0.25, 0.3) is 5.91 Å². The van der Waals surface area contributed by atoms with Crippen LogP contribution in [0, 0.1) is 0 Å². The number of anilines is 2. The molecule has 0 bridgehead atoms. The Morgan fingerprint density at radius 1 is 0.967 bits per heavy atom. The molecule has 1 fully saturated rings. The second kappa shape index (κ2) is 8.44. The molecule has 3 aromatic rings. The summed E-state index contributed by atoms with van der Waals surface area (Å²) in [6.07, 6.45) is 5.75. The van der Waals surface area contributed by atoms with E-state index in [4.69, 9.17) is 4.98 Å². The van der Waals surface area contributed by atoms with Crippen LogP contribution in [-0.4, -0.2) is 53.5 Å². The minimum absolute atomic E-state index is 0.0726. The molecule has 30 heavy (non-hydrogen) atoms. The number of fused-ring (bicyclic) bond motifs is 1. The summed E-state index contributed by atoms with van der Waals surface area (Å²) in [5.74, 6) is 1.08. The summed E-state index contributed by atoms with van der Waals surface area (Å²) in [7, 11) is 0. The summed E-state index contributed by atoms with van der Waals surface area (Å²) in [4.78, 5) is 29.9. The van der Waals surface area contributed by atoms with E-state index < -0.39 is 0 Å². The molecule has 2 aromatic heterocycles. The zero-order valence-electron chi connectivity index (χ0n) is 16.9. The molecule has 7 heteroatoms. The van der Waals surface area contributed by atoms with Gasteiger partial charge in [0.15, 0.2) is 5.01 Å². The van der Waals surface area contributed by atoms with Gasteiger partial charge < -0.3 is 14.7 Å². The fraction of sp³-hybridized carbons (Fsp3) is 0.348. The zero-order chi connectivity index (χ0) is 20.3. The Kier molecular flexibility index (Phi) is 5.36. The number of benzene rings is 1. The monoisotopic (exact) mass is 419 g/mol. The van der Waals surface area contributed by atoms with Crippen LogP contribution in [0.1, 0.15) is 26.7 Å². The maximum Gasteiger partial charge on any atom is 0.283 e. The zero-order valence-corrected chi connectivity index (χ0v) is 17.7. The summed E-state index contributed by atoms with van der Waals surface area (Å²) < 4.78 is 0. The van der Waals surface area contributed by atoms with Gasteiger partial charge in [0.1, 0.15) is 5.82 Å². The molecule has 0 aliphatic carbocycles. The first-order valence-electron chi connectivity index (χ1n) is 10.5. The van der Waals surface area contributed by atoms with Gasteiger partial charge in [0, 0.05) is 62.2 Å². The first-order valence-corrected chi connectivity index (χ1v) is 11.3. The van der Waals surface area contributed by atoms with Crippen LogP contribution in [0.3, 0.4) is 0 Å². The van der Waals surface area contributed by atoms with Crippen LogP contribution in [0.25, 0.3) is 0 Å². The van der Waals surface area contributed by atoms with E-state index in [9.17, 15) is 4.79 Å². The lowest BCUT2D eigenvalue weighted by molar-refractivity contribution is 0.0746. The topological polar surface area (TPSA) is 52.6 Å². The Morgan fingerprint density at radius 3 is 2.50 bits per heavy atom. The number of carbonyl (C=O) groups excluding carboxylic acids is 1. The first-order chi connectivity index (χ1) is 14.8. The lowest BCUT2D eigenvalue weighted by Crippen LogP contribution is -2.48. The number of pyridine rings is 1. The van der Waals surface area contributed by atoms with Crippen molar-refractivity contribution in [3.63, 3.8) is 0 Å². The highest BCUT2D eigenvalue weighted by Gasteiger charge is 2.28. The number of piperazine rings is 1. The van der Waals surface area contributed by atoms with Gasteiger partial charge in [-0.1, -0.05) is 30.3 Å². The minimum atomic E-state index is 0.0726. The van der Waals surface area contributed by atoms with Crippen LogP contribution in [0.5, 0.6) is 0 Å². The van der Waals surface area contributed by atoms with Crippen LogP contribution in [0.4, 0.5) is 11.5 Å². The van der Waals surface area contributed by atoms with Crippen molar-refractivity contribution in [2.24, 2.45) is 0 Å². The highest BCUT2D eigenvalue weighted by atomic mass is 32.1. The quantitative estimate of drug-likeness (QED) is 0.648. The summed E-state index contributed by atoms with van der Waals surface area (Å²) >= 11 is 1.58. The van der Waals surface area contributed by atoms with Crippen molar-refractivity contribution in [1.29, 1.82) is 0 Å². The van der Waals surface area contributed by atoms with Crippen molar-refractivity contribution in [1.82, 2.24) is 14.9 Å². The molecule has 0 N–H and O–H groups in total. The average Bonchev–Trinajstić information content (AvgIpc) is 3.25. The van der Waals surface area contributed by atoms with Crippen LogP contribution in [0.15, 0.2) is 54.9 Å². The third-order valence-corrected chi connectivity index (χ3v) is 6.89. The summed E-state index contributed by atoms with van der Waals surface area (Å²) in [6, 6.07) is 14.5. The standard InChI is InChI=1S/C23H25N5OS/c29-23(27-15-13-26(14-16-27)19-8-10-24-11-9-19)22-25-21-20(30-22)7-4-12-28(21)17-18-5-2-1-3-6-18/h1-3,5-6,8-11H,4,7,12-17H2. The molecule has 2 aliphatic heterocycles. The van der Waals surface area contributed by atoms with E-state index in [1.54, 1.807) is 11.3 Å². The lowest BCUT2D eigenvalue weighted by atomic mass is 10.1. The van der Waals surface area contributed by atoms with Crippen molar-refractivity contribution in [2.45, 2.75) is 19.4 Å². The second-order valence-electron chi connectivity index (χ2n) is 7.76. The number of hydrogen-bond donors (Lipinski definition) is 0. The number of thiazole rings is 1. The Bertz CT molecular complexity index is 999. The number of carbonyl (C=O) groups is 1.